The van der Waals surface area contributed by atoms with E-state index in [1.807, 2.05) is 11.8 Å². The van der Waals surface area contributed by atoms with Crippen molar-refractivity contribution in [2.24, 2.45) is 0 Å². The van der Waals surface area contributed by atoms with Gasteiger partial charge in [-0.2, -0.15) is 0 Å². The van der Waals surface area contributed by atoms with Gasteiger partial charge in [-0.25, -0.2) is 0 Å². The number of rotatable bonds is 11. The molecule has 0 radical (unpaired) electrons. The molecule has 2 aromatic carbocycles. The molecule has 1 heteroatoms. The van der Waals surface area contributed by atoms with Crippen molar-refractivity contribution in [1.29, 1.82) is 0 Å². The molecule has 23 heavy (non-hydrogen) atoms. The van der Waals surface area contributed by atoms with Crippen LogP contribution in [0.4, 0.5) is 0 Å². The molecule has 0 nitrogen and oxygen atoms in total. The Kier molecular flexibility index (Phi) is 8.94. The van der Waals surface area contributed by atoms with Gasteiger partial charge in [0.2, 0.25) is 0 Å². The molecule has 2 aromatic rings. The highest BCUT2D eigenvalue weighted by atomic mass is 32.2. The van der Waals surface area contributed by atoms with Crippen molar-refractivity contribution in [3.63, 3.8) is 0 Å². The molecular formula is C22H30S. The summed E-state index contributed by atoms with van der Waals surface area (Å²) in [7, 11) is 0. The summed E-state index contributed by atoms with van der Waals surface area (Å²) >= 11 is 2.00. The van der Waals surface area contributed by atoms with Crippen LogP contribution in [-0.2, 0) is 0 Å². The van der Waals surface area contributed by atoms with Crippen molar-refractivity contribution in [3.05, 3.63) is 54.6 Å². The molecule has 0 saturated carbocycles. The van der Waals surface area contributed by atoms with Crippen LogP contribution in [0, 0.1) is 0 Å². The van der Waals surface area contributed by atoms with Gasteiger partial charge in [0.15, 0.2) is 0 Å². The molecule has 0 aliphatic rings. The summed E-state index contributed by atoms with van der Waals surface area (Å²) in [5.41, 5.74) is 2.61. The summed E-state index contributed by atoms with van der Waals surface area (Å²) in [6.07, 6.45) is 11.2. The minimum Gasteiger partial charge on any atom is -0.126 e. The number of unbranched alkanes of at least 4 members (excludes halogenated alkanes) is 7. The van der Waals surface area contributed by atoms with Gasteiger partial charge in [0.25, 0.3) is 0 Å². The van der Waals surface area contributed by atoms with Gasteiger partial charge in [-0.1, -0.05) is 94.3 Å². The van der Waals surface area contributed by atoms with E-state index < -0.39 is 0 Å². The topological polar surface area (TPSA) is 0 Å². The van der Waals surface area contributed by atoms with Gasteiger partial charge in [-0.05, 0) is 35.4 Å². The molecule has 0 aliphatic heterocycles. The van der Waals surface area contributed by atoms with E-state index in [-0.39, 0.29) is 0 Å². The first-order valence-electron chi connectivity index (χ1n) is 9.18. The lowest BCUT2D eigenvalue weighted by Crippen LogP contribution is -1.84. The Morgan fingerprint density at radius 1 is 0.609 bits per heavy atom. The highest BCUT2D eigenvalue weighted by Crippen LogP contribution is 2.25. The molecule has 0 atom stereocenters. The van der Waals surface area contributed by atoms with Gasteiger partial charge in [-0.3, -0.25) is 0 Å². The van der Waals surface area contributed by atoms with Crippen LogP contribution in [0.5, 0.6) is 0 Å². The minimum atomic E-state index is 1.25. The first kappa shape index (κ1) is 18.1. The van der Waals surface area contributed by atoms with Gasteiger partial charge in [-0.15, -0.1) is 11.8 Å². The minimum absolute atomic E-state index is 1.25. The van der Waals surface area contributed by atoms with Gasteiger partial charge < -0.3 is 0 Å². The highest BCUT2D eigenvalue weighted by molar-refractivity contribution is 7.99. The molecule has 0 heterocycles. The van der Waals surface area contributed by atoms with Crippen LogP contribution in [-0.4, -0.2) is 5.75 Å². The van der Waals surface area contributed by atoms with E-state index in [0.29, 0.717) is 0 Å². The van der Waals surface area contributed by atoms with Crippen molar-refractivity contribution in [1.82, 2.24) is 0 Å². The molecule has 0 fully saturated rings. The van der Waals surface area contributed by atoms with Crippen LogP contribution in [0.3, 0.4) is 0 Å². The summed E-state index contributed by atoms with van der Waals surface area (Å²) in [5.74, 6) is 1.25. The number of benzene rings is 2. The molecule has 2 rings (SSSR count). The molecular weight excluding hydrogens is 296 g/mol. The maximum Gasteiger partial charge on any atom is 0.00723 e. The summed E-state index contributed by atoms with van der Waals surface area (Å²) in [6.45, 7) is 2.28. The van der Waals surface area contributed by atoms with Crippen LogP contribution in [0.1, 0.15) is 58.3 Å². The van der Waals surface area contributed by atoms with E-state index in [9.17, 15) is 0 Å². The van der Waals surface area contributed by atoms with Crippen molar-refractivity contribution in [2.75, 3.05) is 5.75 Å². The normalized spacial score (nSPS) is 10.8. The van der Waals surface area contributed by atoms with E-state index in [2.05, 4.69) is 61.5 Å². The highest BCUT2D eigenvalue weighted by Gasteiger charge is 1.98. The fourth-order valence-corrected chi connectivity index (χ4v) is 3.71. The lowest BCUT2D eigenvalue weighted by atomic mass is 10.1. The molecule has 0 aliphatic carbocycles. The van der Waals surface area contributed by atoms with Gasteiger partial charge in [0.05, 0.1) is 0 Å². The molecule has 0 bridgehead atoms. The average molecular weight is 327 g/mol. The van der Waals surface area contributed by atoms with E-state index in [4.69, 9.17) is 0 Å². The zero-order valence-corrected chi connectivity index (χ0v) is 15.3. The predicted octanol–water partition coefficient (Wildman–Crippen LogP) is 7.59. The third-order valence-electron chi connectivity index (χ3n) is 4.23. The fourth-order valence-electron chi connectivity index (χ4n) is 2.80. The first-order valence-corrected chi connectivity index (χ1v) is 10.2. The summed E-state index contributed by atoms with van der Waals surface area (Å²) in [4.78, 5) is 1.40. The van der Waals surface area contributed by atoms with Gasteiger partial charge in [0.1, 0.15) is 0 Å². The lowest BCUT2D eigenvalue weighted by Gasteiger charge is -2.05. The quantitative estimate of drug-likeness (QED) is 0.303. The van der Waals surface area contributed by atoms with Gasteiger partial charge in [0, 0.05) is 4.90 Å². The van der Waals surface area contributed by atoms with E-state index >= 15 is 0 Å². The second-order valence-corrected chi connectivity index (χ2v) is 7.38. The largest absolute Gasteiger partial charge is 0.126 e. The van der Waals surface area contributed by atoms with E-state index in [1.54, 1.807) is 0 Å². The average Bonchev–Trinajstić information content (AvgIpc) is 2.62. The SMILES string of the molecule is CCCCCCCCCCSc1ccc(-c2ccccc2)cc1. The third kappa shape index (κ3) is 7.26. The van der Waals surface area contributed by atoms with Crippen LogP contribution in [0.25, 0.3) is 11.1 Å². The molecule has 0 amide bonds. The predicted molar refractivity (Wildman–Crippen MR) is 105 cm³/mol. The van der Waals surface area contributed by atoms with E-state index in [1.165, 1.54) is 73.1 Å². The molecule has 0 saturated heterocycles. The van der Waals surface area contributed by atoms with Crippen molar-refractivity contribution >= 4 is 11.8 Å². The number of hydrogen-bond donors (Lipinski definition) is 0. The molecule has 0 aromatic heterocycles. The zero-order chi connectivity index (χ0) is 16.2. The Morgan fingerprint density at radius 3 is 1.83 bits per heavy atom. The van der Waals surface area contributed by atoms with Crippen molar-refractivity contribution in [2.45, 2.75) is 63.2 Å². The molecule has 124 valence electrons. The van der Waals surface area contributed by atoms with Crippen LogP contribution in [0.15, 0.2) is 59.5 Å². The standard InChI is InChI=1S/C22H30S/c1-2-3-4-5-6-7-8-12-19-23-22-17-15-21(16-18-22)20-13-10-9-11-14-20/h9-11,13-18H,2-8,12,19H2,1H3. The lowest BCUT2D eigenvalue weighted by molar-refractivity contribution is 0.586. The maximum atomic E-state index is 2.28. The number of hydrogen-bond acceptors (Lipinski definition) is 1. The van der Waals surface area contributed by atoms with Crippen molar-refractivity contribution < 1.29 is 0 Å². The monoisotopic (exact) mass is 326 g/mol. The van der Waals surface area contributed by atoms with Crippen LogP contribution < -0.4 is 0 Å². The molecule has 0 unspecified atom stereocenters. The Bertz CT molecular complexity index is 515. The molecule has 0 N–H and O–H groups in total. The Balaban J connectivity index is 1.60. The summed E-state index contributed by atoms with van der Waals surface area (Å²) in [5, 5.41) is 0. The second-order valence-electron chi connectivity index (χ2n) is 6.21. The smallest absolute Gasteiger partial charge is 0.00723 e. The van der Waals surface area contributed by atoms with Crippen LogP contribution >= 0.6 is 11.8 Å². The molecule has 0 spiro atoms. The Labute approximate surface area is 146 Å². The second kappa shape index (κ2) is 11.3. The third-order valence-corrected chi connectivity index (χ3v) is 5.33. The first-order chi connectivity index (χ1) is 11.4. The fraction of sp³-hybridized carbons (Fsp3) is 0.455. The van der Waals surface area contributed by atoms with Crippen molar-refractivity contribution in [3.8, 4) is 11.1 Å². The number of thioether (sulfide) groups is 1. The summed E-state index contributed by atoms with van der Waals surface area (Å²) in [6, 6.07) is 19.6. The zero-order valence-electron chi connectivity index (χ0n) is 14.5. The summed E-state index contributed by atoms with van der Waals surface area (Å²) < 4.78 is 0. The maximum absolute atomic E-state index is 2.28. The van der Waals surface area contributed by atoms with E-state index in [0.717, 1.165) is 0 Å². The van der Waals surface area contributed by atoms with Gasteiger partial charge >= 0.3 is 0 Å². The Morgan fingerprint density at radius 2 is 1.17 bits per heavy atom. The Hall–Kier alpha value is -1.21. The van der Waals surface area contributed by atoms with Crippen LogP contribution in [0.2, 0.25) is 0 Å².